The minimum absolute atomic E-state index is 0.000761. The fraction of sp³-hybridized carbons (Fsp3) is 0.407. The maximum absolute atomic E-state index is 10.7. The van der Waals surface area contributed by atoms with E-state index in [0.29, 0.717) is 5.39 Å². The Bertz CT molecular complexity index is 1140. The van der Waals surface area contributed by atoms with Gasteiger partial charge in [-0.05, 0) is 109 Å². The van der Waals surface area contributed by atoms with Crippen molar-refractivity contribution < 1.29 is 20.4 Å². The number of hydrogen-bond donors (Lipinski definition) is 4. The highest BCUT2D eigenvalue weighted by Crippen LogP contribution is 2.61. The maximum Gasteiger partial charge on any atom is 0.178 e. The molecule has 4 aliphatic rings. The van der Waals surface area contributed by atoms with Gasteiger partial charge in [-0.25, -0.2) is 0 Å². The predicted molar refractivity (Wildman–Crippen MR) is 120 cm³/mol. The maximum atomic E-state index is 10.7. The Morgan fingerprint density at radius 2 is 1.42 bits per heavy atom. The zero-order chi connectivity index (χ0) is 21.3. The van der Waals surface area contributed by atoms with Crippen molar-refractivity contribution in [2.75, 3.05) is 0 Å². The van der Waals surface area contributed by atoms with Crippen molar-refractivity contribution in [3.8, 4) is 22.6 Å². The molecule has 0 radical (unpaired) electrons. The number of hydrogen-bond acceptors (Lipinski definition) is 4. The van der Waals surface area contributed by atoms with E-state index in [9.17, 15) is 20.4 Å². The van der Waals surface area contributed by atoms with Crippen molar-refractivity contribution in [1.29, 1.82) is 0 Å². The van der Waals surface area contributed by atoms with Crippen molar-refractivity contribution in [2.24, 2.45) is 17.8 Å². The SMILES string of the molecule is Oc1ccc(C23CC4CC(CC(C4)C2)C3)cc1-c1ccc2cc(C(O)O)cc(O)c2c1. The molecule has 0 unspecified atom stereocenters. The Balaban J connectivity index is 1.43. The molecule has 0 heterocycles. The monoisotopic (exact) mass is 416 g/mol. The van der Waals surface area contributed by atoms with Crippen LogP contribution in [0.5, 0.6) is 11.5 Å². The number of phenols is 2. The predicted octanol–water partition coefficient (Wildman–Crippen LogP) is 5.37. The van der Waals surface area contributed by atoms with Crippen molar-refractivity contribution in [3.05, 3.63) is 59.7 Å². The first-order valence-electron chi connectivity index (χ1n) is 11.4. The summed E-state index contributed by atoms with van der Waals surface area (Å²) < 4.78 is 0. The van der Waals surface area contributed by atoms with Gasteiger partial charge in [0.15, 0.2) is 6.29 Å². The Morgan fingerprint density at radius 1 is 0.742 bits per heavy atom. The van der Waals surface area contributed by atoms with Crippen molar-refractivity contribution in [3.63, 3.8) is 0 Å². The van der Waals surface area contributed by atoms with Gasteiger partial charge in [0.05, 0.1) is 0 Å². The fourth-order valence-electron chi connectivity index (χ4n) is 7.24. The molecule has 4 bridgehead atoms. The number of phenolic OH excluding ortho intramolecular Hbond substituents is 2. The molecule has 0 saturated heterocycles. The summed E-state index contributed by atoms with van der Waals surface area (Å²) in [6.07, 6.45) is 6.39. The van der Waals surface area contributed by atoms with Gasteiger partial charge in [-0.2, -0.15) is 0 Å². The highest BCUT2D eigenvalue weighted by molar-refractivity contribution is 5.93. The van der Waals surface area contributed by atoms with E-state index in [4.69, 9.17) is 0 Å². The molecule has 0 spiro atoms. The van der Waals surface area contributed by atoms with Crippen LogP contribution in [0.4, 0.5) is 0 Å². The molecule has 4 saturated carbocycles. The quantitative estimate of drug-likeness (QED) is 0.433. The summed E-state index contributed by atoms with van der Waals surface area (Å²) in [6.45, 7) is 0. The van der Waals surface area contributed by atoms with Crippen LogP contribution in [0.25, 0.3) is 21.9 Å². The lowest BCUT2D eigenvalue weighted by atomic mass is 9.48. The molecule has 0 atom stereocenters. The van der Waals surface area contributed by atoms with Crippen LogP contribution >= 0.6 is 0 Å². The fourth-order valence-corrected chi connectivity index (χ4v) is 7.24. The van der Waals surface area contributed by atoms with Gasteiger partial charge in [-0.15, -0.1) is 0 Å². The summed E-state index contributed by atoms with van der Waals surface area (Å²) in [5.41, 5.74) is 3.50. The average molecular weight is 417 g/mol. The van der Waals surface area contributed by atoms with E-state index in [2.05, 4.69) is 12.1 Å². The van der Waals surface area contributed by atoms with Gasteiger partial charge in [0, 0.05) is 16.5 Å². The topological polar surface area (TPSA) is 80.9 Å². The molecule has 4 heteroatoms. The molecular formula is C27H28O4. The molecule has 7 rings (SSSR count). The summed E-state index contributed by atoms with van der Waals surface area (Å²) >= 11 is 0. The number of aliphatic hydroxyl groups is 2. The zero-order valence-electron chi connectivity index (χ0n) is 17.5. The van der Waals surface area contributed by atoms with E-state index in [-0.39, 0.29) is 22.5 Å². The third kappa shape index (κ3) is 3.04. The molecule has 0 aromatic heterocycles. The van der Waals surface area contributed by atoms with Crippen LogP contribution in [0, 0.1) is 17.8 Å². The standard InChI is InChI=1S/C27H28O4/c28-24-4-3-21(27-12-15-5-16(13-27)7-17(6-15)14-27)11-23(24)19-2-1-18-8-20(26(30)31)10-25(29)22(18)9-19/h1-4,8-11,15-17,26,28-31H,5-7,12-14H2. The second kappa shape index (κ2) is 6.72. The lowest BCUT2D eigenvalue weighted by molar-refractivity contribution is -0.0425. The molecule has 0 aliphatic heterocycles. The third-order valence-corrected chi connectivity index (χ3v) is 8.21. The molecule has 31 heavy (non-hydrogen) atoms. The second-order valence-corrected chi connectivity index (χ2v) is 10.3. The molecule has 4 nitrogen and oxygen atoms in total. The Morgan fingerprint density at radius 3 is 2.06 bits per heavy atom. The Labute approximate surface area is 181 Å². The van der Waals surface area contributed by atoms with Gasteiger partial charge in [-0.3, -0.25) is 0 Å². The highest BCUT2D eigenvalue weighted by atomic mass is 16.5. The molecule has 4 aliphatic carbocycles. The number of aromatic hydroxyl groups is 2. The van der Waals surface area contributed by atoms with E-state index in [0.717, 1.165) is 34.3 Å². The molecule has 3 aromatic rings. The summed E-state index contributed by atoms with van der Waals surface area (Å²) in [5, 5.41) is 41.4. The third-order valence-electron chi connectivity index (χ3n) is 8.21. The van der Waals surface area contributed by atoms with E-state index < -0.39 is 6.29 Å². The average Bonchev–Trinajstić information content (AvgIpc) is 2.73. The molecule has 4 N–H and O–H groups in total. The lowest BCUT2D eigenvalue weighted by Gasteiger charge is -2.57. The van der Waals surface area contributed by atoms with Gasteiger partial charge in [-0.1, -0.05) is 18.2 Å². The van der Waals surface area contributed by atoms with Crippen LogP contribution < -0.4 is 0 Å². The van der Waals surface area contributed by atoms with Gasteiger partial charge >= 0.3 is 0 Å². The van der Waals surface area contributed by atoms with Crippen LogP contribution in [0.1, 0.15) is 55.9 Å². The normalized spacial score (nSPS) is 29.2. The first-order chi connectivity index (χ1) is 14.9. The minimum Gasteiger partial charge on any atom is -0.507 e. The van der Waals surface area contributed by atoms with E-state index in [1.54, 1.807) is 6.07 Å². The minimum atomic E-state index is -1.63. The van der Waals surface area contributed by atoms with Crippen molar-refractivity contribution in [1.82, 2.24) is 0 Å². The second-order valence-electron chi connectivity index (χ2n) is 10.3. The molecule has 4 fully saturated rings. The molecule has 160 valence electrons. The van der Waals surface area contributed by atoms with Crippen LogP contribution in [-0.2, 0) is 5.41 Å². The van der Waals surface area contributed by atoms with Gasteiger partial charge < -0.3 is 20.4 Å². The molecule has 0 amide bonds. The number of rotatable bonds is 3. The summed E-state index contributed by atoms with van der Waals surface area (Å²) in [7, 11) is 0. The van der Waals surface area contributed by atoms with Crippen LogP contribution in [0.15, 0.2) is 48.5 Å². The van der Waals surface area contributed by atoms with Gasteiger partial charge in [0.25, 0.3) is 0 Å². The Kier molecular flexibility index (Phi) is 4.15. The Hall–Kier alpha value is -2.56. The van der Waals surface area contributed by atoms with Crippen LogP contribution in [0.2, 0.25) is 0 Å². The van der Waals surface area contributed by atoms with Gasteiger partial charge in [0.2, 0.25) is 0 Å². The van der Waals surface area contributed by atoms with E-state index in [1.165, 1.54) is 50.2 Å². The highest BCUT2D eigenvalue weighted by Gasteiger charge is 2.51. The number of aliphatic hydroxyl groups excluding tert-OH is 1. The van der Waals surface area contributed by atoms with Gasteiger partial charge in [0.1, 0.15) is 11.5 Å². The summed E-state index contributed by atoms with van der Waals surface area (Å²) in [6, 6.07) is 14.8. The van der Waals surface area contributed by atoms with Crippen molar-refractivity contribution in [2.45, 2.75) is 50.2 Å². The smallest absolute Gasteiger partial charge is 0.178 e. The number of fused-ring (bicyclic) bond motifs is 1. The van der Waals surface area contributed by atoms with Crippen LogP contribution in [0.3, 0.4) is 0 Å². The van der Waals surface area contributed by atoms with Crippen LogP contribution in [-0.4, -0.2) is 20.4 Å². The first kappa shape index (κ1) is 19.1. The number of benzene rings is 3. The largest absolute Gasteiger partial charge is 0.507 e. The van der Waals surface area contributed by atoms with E-state index in [1.807, 2.05) is 24.3 Å². The summed E-state index contributed by atoms with van der Waals surface area (Å²) in [4.78, 5) is 0. The molecular weight excluding hydrogens is 388 g/mol. The summed E-state index contributed by atoms with van der Waals surface area (Å²) in [5.74, 6) is 2.82. The van der Waals surface area contributed by atoms with Crippen molar-refractivity contribution >= 4 is 10.8 Å². The molecule has 3 aromatic carbocycles. The van der Waals surface area contributed by atoms with E-state index >= 15 is 0 Å². The lowest BCUT2D eigenvalue weighted by Crippen LogP contribution is -2.48. The zero-order valence-corrected chi connectivity index (χ0v) is 17.5. The first-order valence-corrected chi connectivity index (χ1v) is 11.4.